The topological polar surface area (TPSA) is 43.6 Å². The minimum Gasteiger partial charge on any atom is -1.00 e. The molecule has 0 fully saturated rings. The second kappa shape index (κ2) is 10.7. The summed E-state index contributed by atoms with van der Waals surface area (Å²) < 4.78 is 1.65. The van der Waals surface area contributed by atoms with Crippen molar-refractivity contribution in [3.8, 4) is 5.69 Å². The molecule has 0 saturated heterocycles. The van der Waals surface area contributed by atoms with Crippen molar-refractivity contribution in [3.05, 3.63) is 65.5 Å². The number of hydrogen-bond acceptors (Lipinski definition) is 3. The van der Waals surface area contributed by atoms with Crippen LogP contribution in [0.25, 0.3) is 16.5 Å². The molecule has 0 radical (unpaired) electrons. The first-order valence-electron chi connectivity index (χ1n) is 7.28. The van der Waals surface area contributed by atoms with Gasteiger partial charge in [-0.25, -0.2) is 10.3 Å². The molecule has 1 aliphatic rings. The quantitative estimate of drug-likeness (QED) is 0.402. The van der Waals surface area contributed by atoms with E-state index in [1.807, 2.05) is 12.1 Å². The van der Waals surface area contributed by atoms with Crippen LogP contribution < -0.4 is 24.8 Å². The number of rotatable bonds is 1. The molecule has 0 N–H and O–H groups in total. The standard InChI is InChI=1S/C10H7N4.C8H11.2ClH.Zr/c1-2-4-9-6-10(5-8(9)3-1)14-7-11-12-13-14;1-6-4-5-7(2)8(6)3;;;/h1-7H;4H2,1-3H3;2*1H;/q2*-1;;;+4/p-2. The van der Waals surface area contributed by atoms with Gasteiger partial charge in [0.05, 0.1) is 0 Å². The van der Waals surface area contributed by atoms with Crippen LogP contribution >= 0.6 is 0 Å². The van der Waals surface area contributed by atoms with Crippen LogP contribution in [-0.2, 0) is 26.2 Å². The molecule has 4 nitrogen and oxygen atoms in total. The molecule has 1 heterocycles. The summed E-state index contributed by atoms with van der Waals surface area (Å²) in [6, 6.07) is 12.3. The summed E-state index contributed by atoms with van der Waals surface area (Å²) in [5.41, 5.74) is 5.24. The normalized spacial score (nSPS) is 12.4. The zero-order valence-corrected chi connectivity index (χ0v) is 18.3. The van der Waals surface area contributed by atoms with E-state index in [-0.39, 0.29) is 51.0 Å². The Balaban J connectivity index is 0.000000462. The monoisotopic (exact) mass is 450 g/mol. The van der Waals surface area contributed by atoms with Gasteiger partial charge in [0.15, 0.2) is 0 Å². The Labute approximate surface area is 179 Å². The molecule has 2 aromatic carbocycles. The summed E-state index contributed by atoms with van der Waals surface area (Å²) in [7, 11) is 0. The average molecular weight is 453 g/mol. The molecule has 0 saturated carbocycles. The third-order valence-corrected chi connectivity index (χ3v) is 4.04. The molecular weight excluding hydrogens is 434 g/mol. The van der Waals surface area contributed by atoms with Gasteiger partial charge in [-0.3, -0.25) is 6.08 Å². The van der Waals surface area contributed by atoms with E-state index in [1.54, 1.807) is 11.0 Å². The predicted molar refractivity (Wildman–Crippen MR) is 87.7 cm³/mol. The predicted octanol–water partition coefficient (Wildman–Crippen LogP) is -1.98. The van der Waals surface area contributed by atoms with Gasteiger partial charge in [0.2, 0.25) is 0 Å². The second-order valence-electron chi connectivity index (χ2n) is 5.48. The number of hydrogen-bond donors (Lipinski definition) is 0. The first-order chi connectivity index (χ1) is 10.6. The van der Waals surface area contributed by atoms with E-state index in [0.717, 1.165) is 12.1 Å². The van der Waals surface area contributed by atoms with Crippen molar-refractivity contribution in [2.24, 2.45) is 0 Å². The fraction of sp³-hybridized carbons (Fsp3) is 0.222. The van der Waals surface area contributed by atoms with Crippen molar-refractivity contribution in [3.63, 3.8) is 0 Å². The number of aromatic nitrogens is 4. The van der Waals surface area contributed by atoms with Gasteiger partial charge in [-0.05, 0) is 16.1 Å². The van der Waals surface area contributed by atoms with Gasteiger partial charge >= 0.3 is 26.2 Å². The van der Waals surface area contributed by atoms with Crippen molar-refractivity contribution in [2.45, 2.75) is 27.2 Å². The van der Waals surface area contributed by atoms with E-state index in [2.05, 4.69) is 66.6 Å². The van der Waals surface area contributed by atoms with Gasteiger partial charge in [-0.1, -0.05) is 19.9 Å². The summed E-state index contributed by atoms with van der Waals surface area (Å²) in [4.78, 5) is 0. The summed E-state index contributed by atoms with van der Waals surface area (Å²) in [6.45, 7) is 6.44. The summed E-state index contributed by atoms with van der Waals surface area (Å²) in [6.07, 6.45) is 5.91. The van der Waals surface area contributed by atoms with Gasteiger partial charge in [0.25, 0.3) is 0 Å². The van der Waals surface area contributed by atoms with Crippen molar-refractivity contribution >= 4 is 10.8 Å². The van der Waals surface area contributed by atoms with Gasteiger partial charge in [-0.15, -0.1) is 59.5 Å². The molecule has 25 heavy (non-hydrogen) atoms. The Morgan fingerprint density at radius 3 is 2.32 bits per heavy atom. The molecule has 0 aliphatic heterocycles. The summed E-state index contributed by atoms with van der Waals surface area (Å²) >= 11 is 0. The van der Waals surface area contributed by atoms with E-state index in [1.165, 1.54) is 27.5 Å². The molecule has 0 unspecified atom stereocenters. The van der Waals surface area contributed by atoms with Crippen LogP contribution in [0.4, 0.5) is 0 Å². The SMILES string of the molecule is CC1=[C-]CC(C)=C1C.[Cl-].[Cl-].[Zr+4].c1ccc2[cH-]c(-n3cnnn3)cc2c1. The van der Waals surface area contributed by atoms with Gasteiger partial charge in [-0.2, -0.15) is 11.1 Å². The van der Waals surface area contributed by atoms with Crippen molar-refractivity contribution < 1.29 is 51.0 Å². The number of fused-ring (bicyclic) bond motifs is 1. The third-order valence-electron chi connectivity index (χ3n) is 4.04. The largest absolute Gasteiger partial charge is 4.00 e. The van der Waals surface area contributed by atoms with Crippen LogP contribution in [0.1, 0.15) is 27.2 Å². The zero-order chi connectivity index (χ0) is 15.5. The fourth-order valence-electron chi connectivity index (χ4n) is 2.40. The van der Waals surface area contributed by atoms with Crippen LogP contribution in [0.2, 0.25) is 0 Å². The molecule has 0 spiro atoms. The molecule has 0 atom stereocenters. The van der Waals surface area contributed by atoms with Crippen LogP contribution in [0.3, 0.4) is 0 Å². The molecule has 4 rings (SSSR count). The number of benzene rings is 1. The number of nitrogens with zero attached hydrogens (tertiary/aromatic N) is 4. The number of tetrazole rings is 1. The Hall–Kier alpha value is -1.16. The smallest absolute Gasteiger partial charge is 1.00 e. The first-order valence-corrected chi connectivity index (χ1v) is 7.28. The number of halogens is 2. The van der Waals surface area contributed by atoms with Crippen LogP contribution in [0, 0.1) is 6.08 Å². The van der Waals surface area contributed by atoms with Crippen LogP contribution in [-0.4, -0.2) is 20.2 Å². The Bertz CT molecular complexity index is 812. The van der Waals surface area contributed by atoms with Gasteiger partial charge < -0.3 is 24.8 Å². The summed E-state index contributed by atoms with van der Waals surface area (Å²) in [5.74, 6) is 0. The minimum atomic E-state index is 0. The first kappa shape index (κ1) is 23.8. The molecule has 0 bridgehead atoms. The Morgan fingerprint density at radius 2 is 1.84 bits per heavy atom. The Morgan fingerprint density at radius 1 is 1.12 bits per heavy atom. The minimum absolute atomic E-state index is 0. The fourth-order valence-corrected chi connectivity index (χ4v) is 2.40. The van der Waals surface area contributed by atoms with Crippen LogP contribution in [0.15, 0.2) is 59.4 Å². The van der Waals surface area contributed by atoms with E-state index in [0.29, 0.717) is 0 Å². The van der Waals surface area contributed by atoms with Crippen molar-refractivity contribution in [1.29, 1.82) is 0 Å². The van der Waals surface area contributed by atoms with Crippen molar-refractivity contribution in [2.75, 3.05) is 0 Å². The van der Waals surface area contributed by atoms with E-state index in [4.69, 9.17) is 0 Å². The zero-order valence-electron chi connectivity index (χ0n) is 14.3. The number of allylic oxidation sites excluding steroid dienone is 4. The van der Waals surface area contributed by atoms with E-state index in [9.17, 15) is 0 Å². The maximum atomic E-state index is 3.84. The maximum absolute atomic E-state index is 3.84. The molecule has 3 aromatic rings. The summed E-state index contributed by atoms with van der Waals surface area (Å²) in [5, 5.41) is 13.5. The van der Waals surface area contributed by atoms with E-state index >= 15 is 0 Å². The van der Waals surface area contributed by atoms with Gasteiger partial charge in [0.1, 0.15) is 6.33 Å². The van der Waals surface area contributed by atoms with Crippen LogP contribution in [0.5, 0.6) is 0 Å². The second-order valence-corrected chi connectivity index (χ2v) is 5.48. The Kier molecular flexibility index (Phi) is 10.3. The molecule has 0 amide bonds. The average Bonchev–Trinajstić information content (AvgIpc) is 3.24. The maximum Gasteiger partial charge on any atom is 4.00 e. The molecular formula is C18H18Cl2N4Zr. The van der Waals surface area contributed by atoms with Gasteiger partial charge in [0, 0.05) is 0 Å². The van der Waals surface area contributed by atoms with Crippen molar-refractivity contribution in [1.82, 2.24) is 20.2 Å². The molecule has 1 aliphatic carbocycles. The third kappa shape index (κ3) is 5.67. The molecule has 1 aromatic heterocycles. The molecule has 128 valence electrons. The molecule has 7 heteroatoms. The van der Waals surface area contributed by atoms with E-state index < -0.39 is 0 Å².